The molecule has 9 atom stereocenters. The molecule has 2 saturated heterocycles. The number of allylic oxidation sites excluding steroid dienone is 2. The standard InChI is InChI=1S/C49H91N3O24P4S/c1-2-3-4-5-6-7-8-9-10-11-12-14-17-20-23-30-40(54)70-33-36(34-71-80(68,69)76-45-43(56)46(73-77(59,60)61)48(75-79(65,66)67)47(44(45)57)74-78(62,63)64)72-41(55)31-24-21-18-15-13-16-19-22-27-32-50-39(53)29-26-25-28-38-42-37(35-81-38)51-49(58)52-42/h9-10,36-38,42-48,56-57H,2-8,11-35H2,1H3,(H,50,53)(H,68,69)(H2,51,52,58)(H2,59,60,61)(H2,62,63,64)(H2,65,66,67)/b10-9+. The molecule has 9 unspecified atom stereocenters. The number of esters is 2. The summed E-state index contributed by atoms with van der Waals surface area (Å²) in [4.78, 5) is 117. The van der Waals surface area contributed by atoms with E-state index in [1.165, 1.54) is 38.5 Å². The fourth-order valence-corrected chi connectivity index (χ4v) is 13.9. The van der Waals surface area contributed by atoms with Gasteiger partial charge < -0.3 is 69.9 Å². The molecule has 3 fully saturated rings. The normalized spacial score (nSPS) is 24.3. The number of hydrogen-bond acceptors (Lipinski definition) is 18. The second-order valence-corrected chi connectivity index (χ2v) is 27.0. The molecule has 0 aromatic carbocycles. The molecule has 0 aromatic heterocycles. The van der Waals surface area contributed by atoms with Crippen molar-refractivity contribution in [3.63, 3.8) is 0 Å². The molecule has 2 heterocycles. The molecule has 81 heavy (non-hydrogen) atoms. The number of amides is 3. The lowest BCUT2D eigenvalue weighted by Crippen LogP contribution is -2.65. The predicted octanol–water partition coefficient (Wildman–Crippen LogP) is 6.89. The van der Waals surface area contributed by atoms with E-state index in [1.54, 1.807) is 0 Å². The van der Waals surface area contributed by atoms with Gasteiger partial charge in [0.15, 0.2) is 6.10 Å². The van der Waals surface area contributed by atoms with Gasteiger partial charge in [0.25, 0.3) is 0 Å². The number of hydrogen-bond donors (Lipinski definition) is 12. The average molecular weight is 1260 g/mol. The van der Waals surface area contributed by atoms with Crippen LogP contribution in [0.2, 0.25) is 0 Å². The summed E-state index contributed by atoms with van der Waals surface area (Å²) in [6, 6.07) is 0.253. The number of ether oxygens (including phenoxy) is 2. The SMILES string of the molecule is CCCCCCCC/C=C/CCCCCCCC(=O)OCC(COP(=O)(O)OC1C(O)C(OP(=O)(O)O)C(OP(=O)(O)O)C(OP(=O)(O)O)C1O)OC(=O)CCCCCCCCCCCNC(=O)CCCCC1SCC2NC(=O)NC21. The zero-order valence-electron chi connectivity index (χ0n) is 46.4. The molecule has 3 amide bonds. The first-order valence-corrected chi connectivity index (χ1v) is 35.6. The van der Waals surface area contributed by atoms with E-state index >= 15 is 0 Å². The number of urea groups is 1. The van der Waals surface area contributed by atoms with E-state index in [-0.39, 0.29) is 36.9 Å². The summed E-state index contributed by atoms with van der Waals surface area (Å²) in [6.07, 6.45) is 10.6. The Kier molecular flexibility index (Phi) is 35.4. The first-order chi connectivity index (χ1) is 38.3. The molecule has 0 spiro atoms. The van der Waals surface area contributed by atoms with Crippen molar-refractivity contribution in [2.24, 2.45) is 0 Å². The van der Waals surface area contributed by atoms with Crippen LogP contribution in [0.25, 0.3) is 0 Å². The Balaban J connectivity index is 1.44. The van der Waals surface area contributed by atoms with Crippen LogP contribution >= 0.6 is 43.1 Å². The molecule has 0 radical (unpaired) electrons. The van der Waals surface area contributed by atoms with Gasteiger partial charge in [-0.05, 0) is 57.8 Å². The minimum atomic E-state index is -5.81. The molecule has 0 aromatic rings. The van der Waals surface area contributed by atoms with Crippen molar-refractivity contribution >= 4 is 66.9 Å². The molecular weight excluding hydrogens is 1170 g/mol. The largest absolute Gasteiger partial charge is 0.472 e. The van der Waals surface area contributed by atoms with Gasteiger partial charge in [0.1, 0.15) is 43.2 Å². The fraction of sp³-hybridized carbons (Fsp3) is 0.878. The van der Waals surface area contributed by atoms with Crippen molar-refractivity contribution < 1.29 is 114 Å². The molecule has 3 rings (SSSR count). The maximum absolute atomic E-state index is 13.3. The summed E-state index contributed by atoms with van der Waals surface area (Å²) >= 11 is 1.86. The second kappa shape index (κ2) is 39.0. The Morgan fingerprint density at radius 3 is 1.62 bits per heavy atom. The zero-order valence-corrected chi connectivity index (χ0v) is 50.8. The second-order valence-electron chi connectivity index (χ2n) is 20.8. The molecule has 3 aliphatic rings. The van der Waals surface area contributed by atoms with Gasteiger partial charge in [0, 0.05) is 36.8 Å². The smallest absolute Gasteiger partial charge is 0.462 e. The highest BCUT2D eigenvalue weighted by atomic mass is 32.2. The molecule has 1 saturated carbocycles. The van der Waals surface area contributed by atoms with E-state index in [2.05, 4.69) is 48.6 Å². The number of thioether (sulfide) groups is 1. The van der Waals surface area contributed by atoms with Crippen molar-refractivity contribution in [3.05, 3.63) is 12.2 Å². The van der Waals surface area contributed by atoms with E-state index < -0.39 is 99.2 Å². The third-order valence-electron chi connectivity index (χ3n) is 13.8. The van der Waals surface area contributed by atoms with Crippen molar-refractivity contribution in [1.82, 2.24) is 16.0 Å². The van der Waals surface area contributed by atoms with E-state index in [0.29, 0.717) is 37.5 Å². The Labute approximate surface area is 479 Å². The average Bonchev–Trinajstić information content (AvgIpc) is 4.05. The Bertz CT molecular complexity index is 2050. The van der Waals surface area contributed by atoms with Gasteiger partial charge in [0.05, 0.1) is 18.7 Å². The molecular formula is C49H91N3O24P4S. The maximum Gasteiger partial charge on any atom is 0.472 e. The number of aliphatic hydroxyl groups excluding tert-OH is 2. The molecule has 12 N–H and O–H groups in total. The Morgan fingerprint density at radius 1 is 0.593 bits per heavy atom. The number of aliphatic hydroxyl groups is 2. The highest BCUT2D eigenvalue weighted by molar-refractivity contribution is 8.00. The van der Waals surface area contributed by atoms with Crippen LogP contribution in [0.5, 0.6) is 0 Å². The minimum Gasteiger partial charge on any atom is -0.462 e. The van der Waals surface area contributed by atoms with Crippen LogP contribution in [-0.2, 0) is 64.7 Å². The van der Waals surface area contributed by atoms with Crippen LogP contribution < -0.4 is 16.0 Å². The number of phosphoric acid groups is 4. The first-order valence-electron chi connectivity index (χ1n) is 28.5. The van der Waals surface area contributed by atoms with Crippen molar-refractivity contribution in [3.8, 4) is 0 Å². The summed E-state index contributed by atoms with van der Waals surface area (Å²) < 4.78 is 82.5. The number of carbonyl (C=O) groups excluding carboxylic acids is 4. The van der Waals surface area contributed by atoms with Crippen molar-refractivity contribution in [2.75, 3.05) is 25.5 Å². The molecule has 32 heteroatoms. The lowest BCUT2D eigenvalue weighted by Gasteiger charge is -2.45. The number of rotatable bonds is 46. The quantitative estimate of drug-likeness (QED) is 0.00969. The summed E-state index contributed by atoms with van der Waals surface area (Å²) in [5.41, 5.74) is 0. The minimum absolute atomic E-state index is 0.00413. The van der Waals surface area contributed by atoms with Gasteiger partial charge in [-0.2, -0.15) is 11.8 Å². The number of unbranched alkanes of at least 4 members (excludes halogenated alkanes) is 20. The number of carbonyl (C=O) groups is 4. The molecule has 0 bridgehead atoms. The zero-order chi connectivity index (χ0) is 59.9. The lowest BCUT2D eigenvalue weighted by atomic mass is 9.85. The van der Waals surface area contributed by atoms with E-state index in [1.807, 2.05) is 11.8 Å². The monoisotopic (exact) mass is 1260 g/mol. The highest BCUT2D eigenvalue weighted by Gasteiger charge is 2.59. The summed E-state index contributed by atoms with van der Waals surface area (Å²) in [7, 11) is -23.1. The van der Waals surface area contributed by atoms with Gasteiger partial charge in [0.2, 0.25) is 5.91 Å². The molecule has 1 aliphatic carbocycles. The van der Waals surface area contributed by atoms with E-state index in [0.717, 1.165) is 108 Å². The van der Waals surface area contributed by atoms with Crippen molar-refractivity contribution in [1.29, 1.82) is 0 Å². The van der Waals surface area contributed by atoms with Gasteiger partial charge in [-0.3, -0.25) is 37.0 Å². The van der Waals surface area contributed by atoms with E-state index in [4.69, 9.17) is 18.5 Å². The Morgan fingerprint density at radius 2 is 1.07 bits per heavy atom. The van der Waals surface area contributed by atoms with Crippen LogP contribution in [0.3, 0.4) is 0 Å². The van der Waals surface area contributed by atoms with Gasteiger partial charge in [-0.15, -0.1) is 0 Å². The van der Waals surface area contributed by atoms with Gasteiger partial charge >= 0.3 is 49.3 Å². The van der Waals surface area contributed by atoms with Crippen molar-refractivity contribution in [2.45, 2.75) is 247 Å². The Hall–Kier alpha value is -1.87. The van der Waals surface area contributed by atoms with Crippen LogP contribution in [0, 0.1) is 0 Å². The number of fused-ring (bicyclic) bond motifs is 1. The highest BCUT2D eigenvalue weighted by Crippen LogP contribution is 2.53. The number of nitrogens with one attached hydrogen (secondary N) is 3. The molecule has 2 aliphatic heterocycles. The van der Waals surface area contributed by atoms with Gasteiger partial charge in [-0.1, -0.05) is 122 Å². The third-order valence-corrected chi connectivity index (χ3v) is 17.8. The van der Waals surface area contributed by atoms with E-state index in [9.17, 15) is 81.9 Å². The number of phosphoric ester groups is 4. The molecule has 472 valence electrons. The van der Waals surface area contributed by atoms with Crippen LogP contribution in [0.1, 0.15) is 187 Å². The fourth-order valence-electron chi connectivity index (χ4n) is 9.66. The van der Waals surface area contributed by atoms with Gasteiger partial charge in [-0.25, -0.2) is 23.1 Å². The van der Waals surface area contributed by atoms with Crippen LogP contribution in [-0.4, -0.2) is 154 Å². The third kappa shape index (κ3) is 33.0. The summed E-state index contributed by atoms with van der Waals surface area (Å²) in [6.45, 7) is 1.11. The van der Waals surface area contributed by atoms with Crippen LogP contribution in [0.4, 0.5) is 4.79 Å². The molecule has 27 nitrogen and oxygen atoms in total. The first kappa shape index (κ1) is 73.4. The summed E-state index contributed by atoms with van der Waals surface area (Å²) in [5, 5.41) is 31.2. The maximum atomic E-state index is 13.3. The predicted molar refractivity (Wildman–Crippen MR) is 297 cm³/mol. The summed E-state index contributed by atoms with van der Waals surface area (Å²) in [5.74, 6) is -0.512. The van der Waals surface area contributed by atoms with Crippen LogP contribution in [0.15, 0.2) is 12.2 Å². The lowest BCUT2D eigenvalue weighted by molar-refractivity contribution is -0.209. The topological polar surface area (TPSA) is 419 Å².